The number of carbonyl (C=O) groups is 1. The van der Waals surface area contributed by atoms with Crippen LogP contribution < -0.4 is 18.9 Å². The fourth-order valence-electron chi connectivity index (χ4n) is 1.28. The average Bonchev–Trinajstić information content (AvgIpc) is 2.68. The second-order valence-electron chi connectivity index (χ2n) is 2.95. The van der Waals surface area contributed by atoms with E-state index in [1.54, 1.807) is 23.0 Å². The standard InChI is InChI=1S/C11H9NO2.Li.H/c13-11(14)9-6-7-12(8-9)10-4-2-1-3-5-10;;/h1-8H,(H,13,14);;/q;+1;-1. The van der Waals surface area contributed by atoms with Crippen LogP contribution in [0.25, 0.3) is 5.69 Å². The molecular formula is C11H10LiNO2. The van der Waals surface area contributed by atoms with Crippen LogP contribution in [0.1, 0.15) is 11.8 Å². The van der Waals surface area contributed by atoms with E-state index in [2.05, 4.69) is 0 Å². The van der Waals surface area contributed by atoms with Crippen LogP contribution >= 0.6 is 0 Å². The van der Waals surface area contributed by atoms with Gasteiger partial charge in [0, 0.05) is 18.1 Å². The first kappa shape index (κ1) is 11.6. The van der Waals surface area contributed by atoms with Gasteiger partial charge in [0.1, 0.15) is 0 Å². The van der Waals surface area contributed by atoms with Crippen LogP contribution in [0, 0.1) is 0 Å². The molecule has 0 bridgehead atoms. The van der Waals surface area contributed by atoms with Gasteiger partial charge in [-0.3, -0.25) is 0 Å². The van der Waals surface area contributed by atoms with E-state index in [1.807, 2.05) is 30.3 Å². The van der Waals surface area contributed by atoms with Gasteiger partial charge in [0.15, 0.2) is 0 Å². The number of benzene rings is 1. The van der Waals surface area contributed by atoms with Gasteiger partial charge in [-0.25, -0.2) is 4.79 Å². The summed E-state index contributed by atoms with van der Waals surface area (Å²) >= 11 is 0. The summed E-state index contributed by atoms with van der Waals surface area (Å²) < 4.78 is 1.78. The van der Waals surface area contributed by atoms with Crippen molar-refractivity contribution in [2.24, 2.45) is 0 Å². The number of rotatable bonds is 2. The summed E-state index contributed by atoms with van der Waals surface area (Å²) in [4.78, 5) is 10.6. The number of carboxylic acids is 1. The maximum Gasteiger partial charge on any atom is 1.00 e. The Hall–Kier alpha value is -1.43. The molecule has 2 rings (SSSR count). The van der Waals surface area contributed by atoms with Crippen LogP contribution in [-0.4, -0.2) is 15.6 Å². The molecule has 0 saturated heterocycles. The number of hydrogen-bond acceptors (Lipinski definition) is 1. The largest absolute Gasteiger partial charge is 1.00 e. The van der Waals surface area contributed by atoms with Crippen molar-refractivity contribution in [1.29, 1.82) is 0 Å². The third-order valence-electron chi connectivity index (χ3n) is 1.99. The Bertz CT molecular complexity index is 456. The van der Waals surface area contributed by atoms with Crippen molar-refractivity contribution < 1.29 is 30.2 Å². The second kappa shape index (κ2) is 4.88. The van der Waals surface area contributed by atoms with Gasteiger partial charge in [-0.1, -0.05) is 18.2 Å². The van der Waals surface area contributed by atoms with Gasteiger partial charge in [-0.15, -0.1) is 0 Å². The summed E-state index contributed by atoms with van der Waals surface area (Å²) in [6.45, 7) is 0. The fourth-order valence-corrected chi connectivity index (χ4v) is 1.28. The Labute approximate surface area is 101 Å². The molecule has 15 heavy (non-hydrogen) atoms. The van der Waals surface area contributed by atoms with Crippen molar-refractivity contribution in [3.05, 3.63) is 54.4 Å². The van der Waals surface area contributed by atoms with E-state index in [-0.39, 0.29) is 20.3 Å². The minimum absolute atomic E-state index is 0. The van der Waals surface area contributed by atoms with E-state index in [0.717, 1.165) is 5.69 Å². The minimum Gasteiger partial charge on any atom is -1.00 e. The van der Waals surface area contributed by atoms with Gasteiger partial charge in [0.2, 0.25) is 0 Å². The summed E-state index contributed by atoms with van der Waals surface area (Å²) in [7, 11) is 0. The van der Waals surface area contributed by atoms with Crippen LogP contribution in [0.2, 0.25) is 0 Å². The summed E-state index contributed by atoms with van der Waals surface area (Å²) in [5, 5.41) is 8.73. The summed E-state index contributed by atoms with van der Waals surface area (Å²) in [6.07, 6.45) is 3.33. The van der Waals surface area contributed by atoms with Crippen molar-refractivity contribution in [3.8, 4) is 5.69 Å². The fraction of sp³-hybridized carbons (Fsp3) is 0. The monoisotopic (exact) mass is 195 g/mol. The predicted molar refractivity (Wildman–Crippen MR) is 53.8 cm³/mol. The molecule has 0 radical (unpaired) electrons. The molecule has 0 aliphatic carbocycles. The van der Waals surface area contributed by atoms with Crippen molar-refractivity contribution >= 4 is 5.97 Å². The smallest absolute Gasteiger partial charge is 1.00 e. The van der Waals surface area contributed by atoms with E-state index in [9.17, 15) is 4.79 Å². The van der Waals surface area contributed by atoms with Gasteiger partial charge < -0.3 is 11.1 Å². The van der Waals surface area contributed by atoms with E-state index in [1.165, 1.54) is 0 Å². The molecule has 1 N–H and O–H groups in total. The Morgan fingerprint density at radius 3 is 2.40 bits per heavy atom. The SMILES string of the molecule is O=C(O)c1ccn(-c2ccccc2)c1.[H-].[Li+]. The molecule has 1 heterocycles. The molecular weight excluding hydrogens is 185 g/mol. The maximum absolute atomic E-state index is 10.6. The van der Waals surface area contributed by atoms with Crippen molar-refractivity contribution in [1.82, 2.24) is 4.57 Å². The van der Waals surface area contributed by atoms with Gasteiger partial charge >= 0.3 is 24.8 Å². The molecule has 0 atom stereocenters. The van der Waals surface area contributed by atoms with Crippen LogP contribution in [0.15, 0.2) is 48.8 Å². The van der Waals surface area contributed by atoms with Crippen LogP contribution in [0.5, 0.6) is 0 Å². The number of para-hydroxylation sites is 1. The molecule has 2 aromatic rings. The van der Waals surface area contributed by atoms with E-state index in [4.69, 9.17) is 5.11 Å². The first-order chi connectivity index (χ1) is 6.77. The first-order valence-corrected chi connectivity index (χ1v) is 4.24. The second-order valence-corrected chi connectivity index (χ2v) is 2.95. The molecule has 0 unspecified atom stereocenters. The molecule has 4 heteroatoms. The topological polar surface area (TPSA) is 42.2 Å². The molecule has 0 saturated carbocycles. The van der Waals surface area contributed by atoms with Crippen molar-refractivity contribution in [2.45, 2.75) is 0 Å². The molecule has 0 fully saturated rings. The molecule has 0 aliphatic rings. The maximum atomic E-state index is 10.6. The Kier molecular flexibility index (Phi) is 3.79. The third kappa shape index (κ3) is 2.53. The summed E-state index contributed by atoms with van der Waals surface area (Å²) in [5.41, 5.74) is 1.26. The molecule has 0 amide bonds. The first-order valence-electron chi connectivity index (χ1n) is 4.24. The Balaban J connectivity index is 0.00000112. The van der Waals surface area contributed by atoms with E-state index >= 15 is 0 Å². The zero-order chi connectivity index (χ0) is 9.97. The number of nitrogens with zero attached hydrogens (tertiary/aromatic N) is 1. The summed E-state index contributed by atoms with van der Waals surface area (Å²) in [6, 6.07) is 11.2. The van der Waals surface area contributed by atoms with Gasteiger partial charge in [-0.05, 0) is 18.2 Å². The Morgan fingerprint density at radius 1 is 1.20 bits per heavy atom. The Morgan fingerprint density at radius 2 is 1.87 bits per heavy atom. The summed E-state index contributed by atoms with van der Waals surface area (Å²) in [5.74, 6) is -0.903. The third-order valence-corrected chi connectivity index (χ3v) is 1.99. The molecule has 3 nitrogen and oxygen atoms in total. The van der Waals surface area contributed by atoms with Crippen LogP contribution in [0.4, 0.5) is 0 Å². The van der Waals surface area contributed by atoms with Crippen LogP contribution in [0.3, 0.4) is 0 Å². The van der Waals surface area contributed by atoms with Crippen LogP contribution in [-0.2, 0) is 0 Å². The number of aromatic carboxylic acids is 1. The molecule has 0 aliphatic heterocycles. The molecule has 72 valence electrons. The number of aromatic nitrogens is 1. The zero-order valence-electron chi connectivity index (χ0n) is 9.42. The molecule has 0 spiro atoms. The van der Waals surface area contributed by atoms with Gasteiger partial charge in [0.25, 0.3) is 0 Å². The van der Waals surface area contributed by atoms with E-state index in [0.29, 0.717) is 5.56 Å². The quantitative estimate of drug-likeness (QED) is 0.643. The number of hydrogen-bond donors (Lipinski definition) is 1. The molecule has 1 aromatic heterocycles. The molecule has 1 aromatic carbocycles. The normalized spacial score (nSPS) is 9.33. The average molecular weight is 195 g/mol. The van der Waals surface area contributed by atoms with Crippen molar-refractivity contribution in [2.75, 3.05) is 0 Å². The van der Waals surface area contributed by atoms with E-state index < -0.39 is 5.97 Å². The predicted octanol–water partition coefficient (Wildman–Crippen LogP) is -0.708. The van der Waals surface area contributed by atoms with Gasteiger partial charge in [0.05, 0.1) is 5.56 Å². The van der Waals surface area contributed by atoms with Gasteiger partial charge in [-0.2, -0.15) is 0 Å². The zero-order valence-corrected chi connectivity index (χ0v) is 8.42. The van der Waals surface area contributed by atoms with Crippen molar-refractivity contribution in [3.63, 3.8) is 0 Å². The minimum atomic E-state index is -0.903. The number of carboxylic acid groups (broad SMARTS) is 1.